The molecule has 8 heteroatoms. The van der Waals surface area contributed by atoms with E-state index >= 15 is 0 Å². The molecule has 1 N–H and O–H groups in total. The minimum atomic E-state index is -2.04. The molecule has 0 amide bonds. The molecular formula is C32H48N4O3Si. The van der Waals surface area contributed by atoms with Gasteiger partial charge in [0, 0.05) is 12.0 Å². The van der Waals surface area contributed by atoms with Crippen LogP contribution in [-0.4, -0.2) is 32.9 Å². The van der Waals surface area contributed by atoms with E-state index in [1.54, 1.807) is 0 Å². The first kappa shape index (κ1) is 31.5. The lowest BCUT2D eigenvalue weighted by Crippen LogP contribution is -2.44. The maximum Gasteiger partial charge on any atom is 0.264 e. The fourth-order valence-electron chi connectivity index (χ4n) is 4.69. The number of rotatable bonds is 12. The molecule has 218 valence electrons. The zero-order chi connectivity index (χ0) is 29.7. The molecule has 0 radical (unpaired) electrons. The zero-order valence-corrected chi connectivity index (χ0v) is 27.0. The molecule has 0 spiro atoms. The van der Waals surface area contributed by atoms with Crippen LogP contribution >= 0.6 is 0 Å². The highest BCUT2D eigenvalue weighted by Gasteiger charge is 2.39. The van der Waals surface area contributed by atoms with Crippen molar-refractivity contribution < 1.29 is 9.53 Å². The third-order valence-electron chi connectivity index (χ3n) is 7.91. The third-order valence-corrected chi connectivity index (χ3v) is 12.2. The van der Waals surface area contributed by atoms with Crippen molar-refractivity contribution in [1.82, 2.24) is 19.5 Å². The monoisotopic (exact) mass is 564 g/mol. The Bertz CT molecular complexity index is 1330. The molecule has 2 heterocycles. The summed E-state index contributed by atoms with van der Waals surface area (Å²) < 4.78 is 8.42. The molecule has 1 aromatic carbocycles. The van der Waals surface area contributed by atoms with E-state index in [0.29, 0.717) is 17.8 Å². The van der Waals surface area contributed by atoms with Gasteiger partial charge in [0.15, 0.2) is 5.75 Å². The molecule has 0 saturated heterocycles. The second-order valence-corrected chi connectivity index (χ2v) is 17.1. The molecule has 0 aliphatic carbocycles. The van der Waals surface area contributed by atoms with E-state index in [1.807, 2.05) is 6.92 Å². The molecule has 0 fully saturated rings. The van der Waals surface area contributed by atoms with Crippen LogP contribution in [0.25, 0.3) is 5.95 Å². The van der Waals surface area contributed by atoms with E-state index in [2.05, 4.69) is 76.7 Å². The van der Waals surface area contributed by atoms with Crippen LogP contribution < -0.4 is 9.99 Å². The van der Waals surface area contributed by atoms with Gasteiger partial charge in [-0.1, -0.05) is 72.9 Å². The Kier molecular flexibility index (Phi) is 10.3. The average Bonchev–Trinajstić information content (AvgIpc) is 2.87. The van der Waals surface area contributed by atoms with Crippen LogP contribution in [0.3, 0.4) is 0 Å². The first-order valence-corrected chi connectivity index (χ1v) is 17.7. The van der Waals surface area contributed by atoms with Crippen molar-refractivity contribution in [3.63, 3.8) is 0 Å². The topological polar surface area (TPSA) is 90.1 Å². The van der Waals surface area contributed by atoms with Crippen LogP contribution in [0.2, 0.25) is 18.1 Å². The molecule has 0 bridgehead atoms. The van der Waals surface area contributed by atoms with Gasteiger partial charge in [-0.25, -0.2) is 19.5 Å². The maximum atomic E-state index is 14.0. The van der Waals surface area contributed by atoms with Crippen LogP contribution in [0.5, 0.6) is 11.5 Å². The van der Waals surface area contributed by atoms with Crippen LogP contribution in [0.4, 0.5) is 0 Å². The van der Waals surface area contributed by atoms with Gasteiger partial charge in [-0.05, 0) is 67.4 Å². The summed E-state index contributed by atoms with van der Waals surface area (Å²) in [6.07, 6.45) is 9.69. The lowest BCUT2D eigenvalue weighted by Gasteiger charge is -2.38. The molecule has 0 unspecified atom stereocenters. The number of aryl methyl sites for hydroxylation is 4. The highest BCUT2D eigenvalue weighted by molar-refractivity contribution is 6.74. The van der Waals surface area contributed by atoms with Crippen molar-refractivity contribution in [2.75, 3.05) is 0 Å². The predicted molar refractivity (Wildman–Crippen MR) is 166 cm³/mol. The Hall–Kier alpha value is -3.00. The number of aromatic nitrogens is 4. The van der Waals surface area contributed by atoms with Gasteiger partial charge in [-0.15, -0.1) is 0 Å². The summed E-state index contributed by atoms with van der Waals surface area (Å²) in [5, 5.41) is 9.77. The minimum absolute atomic E-state index is 0.0471. The number of hydrogen-bond donors (Lipinski definition) is 1. The Balaban J connectivity index is 2.19. The fourth-order valence-corrected chi connectivity index (χ4v) is 5.77. The van der Waals surface area contributed by atoms with E-state index in [4.69, 9.17) is 9.41 Å². The third kappa shape index (κ3) is 7.19. The Morgan fingerprint density at radius 1 is 0.950 bits per heavy atom. The standard InChI is InChI=1S/C32H48N4O3Si/c1-10-13-16-28-27(30(38)36(22(4)35-28)31-33-20-26(37)21-34-31)19-23-17-24(14-11-2)29(25(18-23)15-12-3)39-40(8,9)32(5,6)7/h17-18,20-21,37H,10-16,19H2,1-9H3. The molecule has 0 aliphatic heterocycles. The average molecular weight is 565 g/mol. The summed E-state index contributed by atoms with van der Waals surface area (Å²) in [4.78, 5) is 27.3. The maximum absolute atomic E-state index is 14.0. The molecule has 3 rings (SSSR count). The largest absolute Gasteiger partial charge is 0.543 e. The first-order chi connectivity index (χ1) is 18.8. The summed E-state index contributed by atoms with van der Waals surface area (Å²) in [6, 6.07) is 4.49. The van der Waals surface area contributed by atoms with Gasteiger partial charge in [-0.3, -0.25) is 4.79 Å². The van der Waals surface area contributed by atoms with Gasteiger partial charge in [0.05, 0.1) is 18.1 Å². The Labute approximate surface area is 241 Å². The van der Waals surface area contributed by atoms with E-state index < -0.39 is 8.32 Å². The van der Waals surface area contributed by atoms with Gasteiger partial charge >= 0.3 is 0 Å². The lowest BCUT2D eigenvalue weighted by molar-refractivity contribution is 0.468. The fraction of sp³-hybridized carbons (Fsp3) is 0.562. The summed E-state index contributed by atoms with van der Waals surface area (Å²) in [5.41, 5.74) is 4.93. The predicted octanol–water partition coefficient (Wildman–Crippen LogP) is 7.26. The van der Waals surface area contributed by atoms with Crippen molar-refractivity contribution in [3.8, 4) is 17.4 Å². The van der Waals surface area contributed by atoms with E-state index in [-0.39, 0.29) is 22.3 Å². The normalized spacial score (nSPS) is 12.1. The van der Waals surface area contributed by atoms with Crippen LogP contribution in [0, 0.1) is 6.92 Å². The van der Waals surface area contributed by atoms with Crippen molar-refractivity contribution >= 4 is 8.32 Å². The van der Waals surface area contributed by atoms with Gasteiger partial charge in [0.25, 0.3) is 13.9 Å². The van der Waals surface area contributed by atoms with Crippen LogP contribution in [0.15, 0.2) is 29.3 Å². The summed E-state index contributed by atoms with van der Waals surface area (Å²) in [6.45, 7) is 19.8. The summed E-state index contributed by atoms with van der Waals surface area (Å²) in [7, 11) is -2.04. The molecule has 40 heavy (non-hydrogen) atoms. The van der Waals surface area contributed by atoms with Crippen molar-refractivity contribution in [2.24, 2.45) is 0 Å². The quantitative estimate of drug-likeness (QED) is 0.233. The number of benzene rings is 1. The van der Waals surface area contributed by atoms with Crippen molar-refractivity contribution in [3.05, 3.63) is 68.7 Å². The number of nitrogens with zero attached hydrogens (tertiary/aromatic N) is 4. The highest BCUT2D eigenvalue weighted by atomic mass is 28.4. The van der Waals surface area contributed by atoms with Crippen LogP contribution in [-0.2, 0) is 25.7 Å². The second kappa shape index (κ2) is 13.1. The summed E-state index contributed by atoms with van der Waals surface area (Å²) in [5.74, 6) is 1.77. The highest BCUT2D eigenvalue weighted by Crippen LogP contribution is 2.40. The molecule has 0 saturated carbocycles. The van der Waals surface area contributed by atoms with Crippen LogP contribution in [0.1, 0.15) is 101 Å². The second-order valence-electron chi connectivity index (χ2n) is 12.4. The number of hydrogen-bond acceptors (Lipinski definition) is 6. The molecule has 0 atom stereocenters. The summed E-state index contributed by atoms with van der Waals surface area (Å²) >= 11 is 0. The number of aromatic hydroxyl groups is 1. The molecule has 3 aromatic rings. The lowest BCUT2D eigenvalue weighted by atomic mass is 9.94. The Morgan fingerprint density at radius 2 is 1.52 bits per heavy atom. The van der Waals surface area contributed by atoms with Gasteiger partial charge < -0.3 is 9.53 Å². The molecule has 0 aliphatic rings. The minimum Gasteiger partial charge on any atom is -0.543 e. The van der Waals surface area contributed by atoms with Crippen molar-refractivity contribution in [2.45, 2.75) is 118 Å². The van der Waals surface area contributed by atoms with Gasteiger partial charge in [0.2, 0.25) is 5.95 Å². The Morgan fingerprint density at radius 3 is 2.02 bits per heavy atom. The van der Waals surface area contributed by atoms with Gasteiger partial charge in [-0.2, -0.15) is 0 Å². The van der Waals surface area contributed by atoms with E-state index in [0.717, 1.165) is 62.0 Å². The van der Waals surface area contributed by atoms with E-state index in [1.165, 1.54) is 28.1 Å². The SMILES string of the molecule is CCCCc1nc(C)n(-c2ncc(O)cn2)c(=O)c1Cc1cc(CCC)c(O[Si](C)(C)C(C)(C)C)c(CCC)c1. The molecule has 2 aromatic heterocycles. The number of unbranched alkanes of at least 4 members (excludes halogenated alkanes) is 1. The van der Waals surface area contributed by atoms with E-state index in [9.17, 15) is 9.90 Å². The smallest absolute Gasteiger partial charge is 0.264 e. The van der Waals surface area contributed by atoms with Gasteiger partial charge in [0.1, 0.15) is 11.6 Å². The zero-order valence-electron chi connectivity index (χ0n) is 26.0. The molecule has 7 nitrogen and oxygen atoms in total. The molecular weight excluding hydrogens is 516 g/mol. The first-order valence-electron chi connectivity index (χ1n) is 14.8. The van der Waals surface area contributed by atoms with Crippen molar-refractivity contribution in [1.29, 1.82) is 0 Å².